The Labute approximate surface area is 301 Å². The molecule has 0 radical (unpaired) electrons. The maximum absolute atomic E-state index is 14.7. The number of hydrogen-bond donors (Lipinski definition) is 0. The number of hydrogen-bond acceptors (Lipinski definition) is 10. The molecule has 3 aromatic carbocycles. The molecule has 0 aliphatic heterocycles. The van der Waals surface area contributed by atoms with Crippen molar-refractivity contribution in [3.63, 3.8) is 0 Å². The quantitative estimate of drug-likeness (QED) is 0.0681. The Bertz CT molecular complexity index is 2390. The van der Waals surface area contributed by atoms with E-state index in [-0.39, 0.29) is 11.1 Å². The van der Waals surface area contributed by atoms with E-state index in [1.54, 1.807) is 35.7 Å². The number of unbranched alkanes of at least 4 members (excludes halogenated alkanes) is 4. The molecule has 50 heavy (non-hydrogen) atoms. The van der Waals surface area contributed by atoms with Crippen molar-refractivity contribution < 1.29 is 18.9 Å². The molecular formula is C39H40N2O6S3. The van der Waals surface area contributed by atoms with Gasteiger partial charge >= 0.3 is 0 Å². The molecule has 0 fully saturated rings. The Morgan fingerprint density at radius 2 is 0.860 bits per heavy atom. The topological polar surface area (TPSA) is 88.9 Å². The van der Waals surface area contributed by atoms with Crippen LogP contribution >= 0.6 is 34.0 Å². The molecule has 260 valence electrons. The molecule has 0 atom stereocenters. The standard InChI is InChI=1S/C39H40N2O6S3/c1-5-9-17-44-28-30(46-19-11-7-3)34-24-22-23-25-27-26(24)36(49-34)38(42)41(21-15-13-14-16-40-21)39(43)37(27)50-35(25)31(47-20-12-8-4)29(45-18-10-6-2)33(23)48-32(22)28/h13-16H,5-12,17-20H2,1-4H3. The zero-order valence-corrected chi connectivity index (χ0v) is 31.3. The summed E-state index contributed by atoms with van der Waals surface area (Å²) in [5.41, 5.74) is -0.757. The predicted octanol–water partition coefficient (Wildman–Crippen LogP) is 10.7. The Kier molecular flexibility index (Phi) is 9.07. The second kappa shape index (κ2) is 13.7. The number of benzene rings is 3. The summed E-state index contributed by atoms with van der Waals surface area (Å²) in [7, 11) is 0. The lowest BCUT2D eigenvalue weighted by Crippen LogP contribution is -2.28. The molecular weight excluding hydrogens is 689 g/mol. The molecule has 0 saturated heterocycles. The molecule has 11 heteroatoms. The molecule has 0 unspecified atom stereocenters. The minimum absolute atomic E-state index is 0.297. The highest BCUT2D eigenvalue weighted by atomic mass is 32.1. The highest BCUT2D eigenvalue weighted by Crippen LogP contribution is 2.63. The number of ether oxygens (including phenoxy) is 4. The van der Waals surface area contributed by atoms with Crippen molar-refractivity contribution >= 4 is 94.5 Å². The van der Waals surface area contributed by atoms with Gasteiger partial charge in [0.25, 0.3) is 11.1 Å². The van der Waals surface area contributed by atoms with Crippen LogP contribution < -0.4 is 30.1 Å². The zero-order valence-electron chi connectivity index (χ0n) is 28.9. The Hall–Kier alpha value is -3.93. The van der Waals surface area contributed by atoms with Crippen LogP contribution in [0, 0.1) is 0 Å². The molecule has 0 N–H and O–H groups in total. The minimum atomic E-state index is -0.378. The normalized spacial score (nSPS) is 12.3. The van der Waals surface area contributed by atoms with E-state index in [1.165, 1.54) is 27.2 Å². The molecule has 0 amide bonds. The predicted molar refractivity (Wildman–Crippen MR) is 210 cm³/mol. The van der Waals surface area contributed by atoms with E-state index in [2.05, 4.69) is 32.7 Å². The van der Waals surface area contributed by atoms with Gasteiger partial charge in [-0.1, -0.05) is 59.4 Å². The van der Waals surface area contributed by atoms with Crippen molar-refractivity contribution in [2.75, 3.05) is 26.4 Å². The summed E-state index contributed by atoms with van der Waals surface area (Å²) in [6.07, 6.45) is 9.17. The Balaban J connectivity index is 1.61. The fourth-order valence-corrected chi connectivity index (χ4v) is 10.6. The maximum Gasteiger partial charge on any atom is 0.277 e. The molecule has 8 rings (SSSR count). The van der Waals surface area contributed by atoms with Crippen molar-refractivity contribution in [2.24, 2.45) is 0 Å². The van der Waals surface area contributed by atoms with Crippen molar-refractivity contribution in [3.05, 3.63) is 45.1 Å². The average molecular weight is 729 g/mol. The number of aromatic nitrogens is 2. The van der Waals surface area contributed by atoms with E-state index in [9.17, 15) is 9.59 Å². The van der Waals surface area contributed by atoms with Crippen molar-refractivity contribution in [1.82, 2.24) is 9.55 Å². The van der Waals surface area contributed by atoms with Crippen LogP contribution in [0.2, 0.25) is 0 Å². The van der Waals surface area contributed by atoms with Crippen LogP contribution in [0.3, 0.4) is 0 Å². The number of thiophene rings is 3. The second-order valence-corrected chi connectivity index (χ2v) is 15.9. The van der Waals surface area contributed by atoms with Crippen LogP contribution in [0.1, 0.15) is 79.1 Å². The van der Waals surface area contributed by atoms with Gasteiger partial charge in [-0.25, -0.2) is 9.55 Å². The van der Waals surface area contributed by atoms with E-state index in [1.807, 2.05) is 0 Å². The molecule has 8 aromatic rings. The minimum Gasteiger partial charge on any atom is -0.488 e. The first kappa shape index (κ1) is 33.2. The van der Waals surface area contributed by atoms with Gasteiger partial charge in [-0.3, -0.25) is 9.59 Å². The van der Waals surface area contributed by atoms with Crippen LogP contribution in [-0.2, 0) is 0 Å². The molecule has 0 aliphatic carbocycles. The van der Waals surface area contributed by atoms with E-state index in [4.69, 9.17) is 18.9 Å². The lowest BCUT2D eigenvalue weighted by molar-refractivity contribution is 0.268. The van der Waals surface area contributed by atoms with Crippen LogP contribution in [0.4, 0.5) is 0 Å². The first-order chi connectivity index (χ1) is 24.5. The summed E-state index contributed by atoms with van der Waals surface area (Å²) < 4.78 is 32.7. The number of rotatable bonds is 17. The fraction of sp³-hybridized carbons (Fsp3) is 0.410. The van der Waals surface area contributed by atoms with Gasteiger partial charge in [0, 0.05) is 38.5 Å². The number of nitrogens with zero attached hydrogens (tertiary/aromatic N) is 2. The van der Waals surface area contributed by atoms with E-state index >= 15 is 0 Å². The highest BCUT2D eigenvalue weighted by molar-refractivity contribution is 7.31. The van der Waals surface area contributed by atoms with Gasteiger partial charge in [0.2, 0.25) is 0 Å². The third-order valence-corrected chi connectivity index (χ3v) is 12.9. The van der Waals surface area contributed by atoms with Crippen LogP contribution in [0.25, 0.3) is 66.3 Å². The summed E-state index contributed by atoms with van der Waals surface area (Å²) in [4.78, 5) is 33.9. The summed E-state index contributed by atoms with van der Waals surface area (Å²) >= 11 is 4.44. The average Bonchev–Trinajstić information content (AvgIpc) is 3.81. The van der Waals surface area contributed by atoms with Crippen LogP contribution in [-0.4, -0.2) is 36.0 Å². The zero-order chi connectivity index (χ0) is 34.5. The maximum atomic E-state index is 14.7. The third-order valence-electron chi connectivity index (χ3n) is 9.36. The van der Waals surface area contributed by atoms with Crippen LogP contribution in [0.15, 0.2) is 34.0 Å². The summed E-state index contributed by atoms with van der Waals surface area (Å²) in [6, 6.07) is 5.30. The molecule has 8 nitrogen and oxygen atoms in total. The molecule has 0 bridgehead atoms. The van der Waals surface area contributed by atoms with Gasteiger partial charge < -0.3 is 18.9 Å². The largest absolute Gasteiger partial charge is 0.488 e. The van der Waals surface area contributed by atoms with Crippen molar-refractivity contribution in [3.8, 4) is 28.8 Å². The molecule has 0 aliphatic rings. The third kappa shape index (κ3) is 4.98. The van der Waals surface area contributed by atoms with Gasteiger partial charge in [0.15, 0.2) is 23.0 Å². The van der Waals surface area contributed by atoms with Gasteiger partial charge in [0.05, 0.1) is 45.2 Å². The van der Waals surface area contributed by atoms with Crippen molar-refractivity contribution in [2.45, 2.75) is 79.1 Å². The number of pyridine rings is 1. The monoisotopic (exact) mass is 728 g/mol. The highest BCUT2D eigenvalue weighted by Gasteiger charge is 2.35. The first-order valence-corrected chi connectivity index (χ1v) is 20.3. The Morgan fingerprint density at radius 1 is 0.520 bits per heavy atom. The fourth-order valence-electron chi connectivity index (χ4n) is 6.87. The summed E-state index contributed by atoms with van der Waals surface area (Å²) in [5.74, 6) is 3.09. The second-order valence-electron chi connectivity index (χ2n) is 12.8. The summed E-state index contributed by atoms with van der Waals surface area (Å²) in [6.45, 7) is 10.8. The van der Waals surface area contributed by atoms with Gasteiger partial charge in [-0.15, -0.1) is 34.0 Å². The molecule has 0 saturated carbocycles. The first-order valence-electron chi connectivity index (χ1n) is 17.9. The SMILES string of the molecule is CCCCOc1c(OCCCC)c2sc3c(=O)n(-c4ccccn4)c(=O)c4sc5c(OCCCC)c(OCCCC)c6sc1c1c6c5c4c3c21. The van der Waals surface area contributed by atoms with Gasteiger partial charge in [0.1, 0.15) is 15.2 Å². The molecule has 0 spiro atoms. The lowest BCUT2D eigenvalue weighted by atomic mass is 9.94. The van der Waals surface area contributed by atoms with Crippen molar-refractivity contribution in [1.29, 1.82) is 0 Å². The van der Waals surface area contributed by atoms with Gasteiger partial charge in [-0.05, 0) is 37.8 Å². The molecule has 5 aromatic heterocycles. The smallest absolute Gasteiger partial charge is 0.277 e. The molecule has 5 heterocycles. The van der Waals surface area contributed by atoms with Crippen LogP contribution in [0.5, 0.6) is 23.0 Å². The Morgan fingerprint density at radius 3 is 1.18 bits per heavy atom. The summed E-state index contributed by atoms with van der Waals surface area (Å²) in [5, 5.41) is 5.61. The van der Waals surface area contributed by atoms with E-state index < -0.39 is 0 Å². The van der Waals surface area contributed by atoms with E-state index in [0.29, 0.717) is 53.1 Å². The van der Waals surface area contributed by atoms with Gasteiger partial charge in [-0.2, -0.15) is 0 Å². The lowest BCUT2D eigenvalue weighted by Gasteiger charge is -2.17. The van der Waals surface area contributed by atoms with E-state index in [0.717, 1.165) is 114 Å².